The van der Waals surface area contributed by atoms with Crippen molar-refractivity contribution in [1.82, 2.24) is 4.90 Å². The van der Waals surface area contributed by atoms with Crippen molar-refractivity contribution in [2.24, 2.45) is 11.8 Å². The second-order valence-electron chi connectivity index (χ2n) is 5.67. The van der Waals surface area contributed by atoms with Gasteiger partial charge in [-0.15, -0.1) is 0 Å². The topological polar surface area (TPSA) is 29.5 Å². The van der Waals surface area contributed by atoms with Crippen LogP contribution < -0.4 is 0 Å². The predicted molar refractivity (Wildman–Crippen MR) is 67.7 cm³/mol. The van der Waals surface area contributed by atoms with Gasteiger partial charge in [-0.3, -0.25) is 4.79 Å². The van der Waals surface area contributed by atoms with Crippen LogP contribution in [0.15, 0.2) is 0 Å². The summed E-state index contributed by atoms with van der Waals surface area (Å²) in [5.74, 6) is 0.750. The number of amides is 1. The fourth-order valence-electron chi connectivity index (χ4n) is 3.19. The summed E-state index contributed by atoms with van der Waals surface area (Å²) in [7, 11) is 0. The van der Waals surface area contributed by atoms with Crippen molar-refractivity contribution in [3.63, 3.8) is 0 Å². The summed E-state index contributed by atoms with van der Waals surface area (Å²) in [6, 6.07) is 0. The number of hydrogen-bond donors (Lipinski definition) is 0. The molecule has 0 aromatic rings. The standard InChI is InChI=1S/C14H25NO2/c1-10-11(2)17-12(3)13(10)14(16)15-8-6-4-5-7-9-15/h10-13H,4-9H2,1-3H3. The van der Waals surface area contributed by atoms with Crippen molar-refractivity contribution in [3.8, 4) is 0 Å². The first-order chi connectivity index (χ1) is 8.11. The Balaban J connectivity index is 2.03. The van der Waals surface area contributed by atoms with E-state index in [1.807, 2.05) is 6.92 Å². The van der Waals surface area contributed by atoms with Crippen molar-refractivity contribution in [1.29, 1.82) is 0 Å². The van der Waals surface area contributed by atoms with Gasteiger partial charge in [0.25, 0.3) is 0 Å². The third-order valence-electron chi connectivity index (χ3n) is 4.44. The van der Waals surface area contributed by atoms with Crippen molar-refractivity contribution in [2.75, 3.05) is 13.1 Å². The first-order valence-corrected chi connectivity index (χ1v) is 7.05. The average Bonchev–Trinajstić information content (AvgIpc) is 2.52. The molecule has 0 aliphatic carbocycles. The monoisotopic (exact) mass is 239 g/mol. The Morgan fingerprint density at radius 2 is 1.59 bits per heavy atom. The highest BCUT2D eigenvalue weighted by molar-refractivity contribution is 5.80. The van der Waals surface area contributed by atoms with Gasteiger partial charge in [-0.05, 0) is 32.6 Å². The van der Waals surface area contributed by atoms with Gasteiger partial charge in [0.2, 0.25) is 5.91 Å². The molecule has 0 aromatic heterocycles. The molecule has 2 aliphatic rings. The van der Waals surface area contributed by atoms with Crippen LogP contribution in [-0.2, 0) is 9.53 Å². The number of carbonyl (C=O) groups is 1. The van der Waals surface area contributed by atoms with Gasteiger partial charge in [0, 0.05) is 13.1 Å². The molecule has 0 aromatic carbocycles. The SMILES string of the molecule is CC1OC(C)C(C(=O)N2CCCCCC2)C1C. The zero-order valence-electron chi connectivity index (χ0n) is 11.3. The molecule has 3 heteroatoms. The molecular formula is C14H25NO2. The molecule has 2 saturated heterocycles. The summed E-state index contributed by atoms with van der Waals surface area (Å²) in [5.41, 5.74) is 0. The van der Waals surface area contributed by atoms with E-state index in [4.69, 9.17) is 4.74 Å². The van der Waals surface area contributed by atoms with Gasteiger partial charge in [0.1, 0.15) is 0 Å². The molecule has 4 unspecified atom stereocenters. The molecule has 3 nitrogen and oxygen atoms in total. The van der Waals surface area contributed by atoms with Crippen LogP contribution in [0.5, 0.6) is 0 Å². The molecule has 0 saturated carbocycles. The lowest BCUT2D eigenvalue weighted by Gasteiger charge is -2.27. The summed E-state index contributed by atoms with van der Waals surface area (Å²) in [4.78, 5) is 14.6. The average molecular weight is 239 g/mol. The highest BCUT2D eigenvalue weighted by atomic mass is 16.5. The second-order valence-corrected chi connectivity index (χ2v) is 5.67. The quantitative estimate of drug-likeness (QED) is 0.703. The van der Waals surface area contributed by atoms with E-state index in [0.717, 1.165) is 25.9 Å². The Hall–Kier alpha value is -0.570. The molecule has 2 rings (SSSR count). The van der Waals surface area contributed by atoms with Crippen LogP contribution in [-0.4, -0.2) is 36.1 Å². The van der Waals surface area contributed by atoms with Crippen molar-refractivity contribution in [2.45, 2.75) is 58.7 Å². The first-order valence-electron chi connectivity index (χ1n) is 7.05. The molecule has 2 aliphatic heterocycles. The van der Waals surface area contributed by atoms with Gasteiger partial charge in [-0.25, -0.2) is 0 Å². The summed E-state index contributed by atoms with van der Waals surface area (Å²) < 4.78 is 5.78. The molecule has 17 heavy (non-hydrogen) atoms. The Morgan fingerprint density at radius 3 is 2.06 bits per heavy atom. The zero-order valence-corrected chi connectivity index (χ0v) is 11.3. The molecule has 1 amide bonds. The van der Waals surface area contributed by atoms with Crippen LogP contribution in [0, 0.1) is 11.8 Å². The first kappa shape index (κ1) is 12.9. The Bertz CT molecular complexity index is 271. The normalized spacial score (nSPS) is 39.1. The van der Waals surface area contributed by atoms with Crippen molar-refractivity contribution < 1.29 is 9.53 Å². The summed E-state index contributed by atoms with van der Waals surface area (Å²) in [6.45, 7) is 8.16. The Morgan fingerprint density at radius 1 is 1.00 bits per heavy atom. The lowest BCUT2D eigenvalue weighted by Crippen LogP contribution is -2.41. The Labute approximate surface area is 105 Å². The molecule has 98 valence electrons. The van der Waals surface area contributed by atoms with Crippen LogP contribution in [0.4, 0.5) is 0 Å². The smallest absolute Gasteiger partial charge is 0.228 e. The van der Waals surface area contributed by atoms with E-state index in [2.05, 4.69) is 18.7 Å². The fourth-order valence-corrected chi connectivity index (χ4v) is 3.19. The van der Waals surface area contributed by atoms with E-state index in [9.17, 15) is 4.79 Å². The summed E-state index contributed by atoms with van der Waals surface area (Å²) >= 11 is 0. The number of likely N-dealkylation sites (tertiary alicyclic amines) is 1. The lowest BCUT2D eigenvalue weighted by molar-refractivity contribution is -0.137. The van der Waals surface area contributed by atoms with Gasteiger partial charge < -0.3 is 9.64 Å². The highest BCUT2D eigenvalue weighted by Gasteiger charge is 2.43. The zero-order chi connectivity index (χ0) is 12.4. The lowest BCUT2D eigenvalue weighted by atomic mass is 9.88. The molecule has 2 heterocycles. The minimum absolute atomic E-state index is 0.0723. The molecule has 0 N–H and O–H groups in total. The molecule has 0 radical (unpaired) electrons. The number of nitrogens with zero attached hydrogens (tertiary/aromatic N) is 1. The van der Waals surface area contributed by atoms with Crippen LogP contribution in [0.2, 0.25) is 0 Å². The number of ether oxygens (including phenoxy) is 1. The highest BCUT2D eigenvalue weighted by Crippen LogP contribution is 2.33. The van der Waals surface area contributed by atoms with Crippen LogP contribution in [0.1, 0.15) is 46.5 Å². The maximum atomic E-state index is 12.6. The van der Waals surface area contributed by atoms with Crippen LogP contribution in [0.3, 0.4) is 0 Å². The van der Waals surface area contributed by atoms with E-state index in [-0.39, 0.29) is 18.1 Å². The van der Waals surface area contributed by atoms with Gasteiger partial charge in [0.05, 0.1) is 18.1 Å². The third kappa shape index (κ3) is 2.65. The largest absolute Gasteiger partial charge is 0.374 e. The van der Waals surface area contributed by atoms with E-state index >= 15 is 0 Å². The minimum Gasteiger partial charge on any atom is -0.374 e. The van der Waals surface area contributed by atoms with Gasteiger partial charge >= 0.3 is 0 Å². The second kappa shape index (κ2) is 5.38. The van der Waals surface area contributed by atoms with Crippen molar-refractivity contribution in [3.05, 3.63) is 0 Å². The van der Waals surface area contributed by atoms with Crippen LogP contribution >= 0.6 is 0 Å². The molecule has 0 spiro atoms. The maximum Gasteiger partial charge on any atom is 0.228 e. The van der Waals surface area contributed by atoms with Gasteiger partial charge in [-0.2, -0.15) is 0 Å². The number of carbonyl (C=O) groups excluding carboxylic acids is 1. The van der Waals surface area contributed by atoms with Gasteiger partial charge in [-0.1, -0.05) is 19.8 Å². The molecule has 2 fully saturated rings. The maximum absolute atomic E-state index is 12.6. The van der Waals surface area contributed by atoms with E-state index < -0.39 is 0 Å². The van der Waals surface area contributed by atoms with Crippen LogP contribution in [0.25, 0.3) is 0 Å². The van der Waals surface area contributed by atoms with E-state index in [1.165, 1.54) is 12.8 Å². The fraction of sp³-hybridized carbons (Fsp3) is 0.929. The predicted octanol–water partition coefficient (Wildman–Crippen LogP) is 2.45. The number of rotatable bonds is 1. The minimum atomic E-state index is 0.0723. The van der Waals surface area contributed by atoms with Gasteiger partial charge in [0.15, 0.2) is 0 Å². The summed E-state index contributed by atoms with van der Waals surface area (Å²) in [5, 5.41) is 0. The van der Waals surface area contributed by atoms with Crippen molar-refractivity contribution >= 4 is 5.91 Å². The molecular weight excluding hydrogens is 214 g/mol. The summed E-state index contributed by atoms with van der Waals surface area (Å²) in [6.07, 6.45) is 5.16. The molecule has 0 bridgehead atoms. The van der Waals surface area contributed by atoms with E-state index in [0.29, 0.717) is 11.8 Å². The van der Waals surface area contributed by atoms with E-state index in [1.54, 1.807) is 0 Å². The Kier molecular flexibility index (Phi) is 4.08. The molecule has 4 atom stereocenters. The number of hydrogen-bond acceptors (Lipinski definition) is 2. The third-order valence-corrected chi connectivity index (χ3v) is 4.44.